The summed E-state index contributed by atoms with van der Waals surface area (Å²) in [7, 11) is 0. The van der Waals surface area contributed by atoms with Crippen molar-refractivity contribution in [2.45, 2.75) is 39.2 Å². The minimum atomic E-state index is 0.548. The van der Waals surface area contributed by atoms with Crippen LogP contribution in [0.4, 0.5) is 5.69 Å². The number of benzene rings is 1. The lowest BCUT2D eigenvalue weighted by atomic mass is 10.0. The van der Waals surface area contributed by atoms with Gasteiger partial charge in [0.15, 0.2) is 0 Å². The first-order valence-electron chi connectivity index (χ1n) is 7.71. The molecule has 20 heavy (non-hydrogen) atoms. The molecule has 1 saturated heterocycles. The van der Waals surface area contributed by atoms with Gasteiger partial charge in [-0.25, -0.2) is 4.98 Å². The van der Waals surface area contributed by atoms with Crippen LogP contribution in [0, 0.1) is 0 Å². The Bertz CT molecular complexity index is 602. The first kappa shape index (κ1) is 13.4. The number of hydrogen-bond donors (Lipinski definition) is 1. The summed E-state index contributed by atoms with van der Waals surface area (Å²) in [4.78, 5) is 7.32. The van der Waals surface area contributed by atoms with E-state index >= 15 is 0 Å². The topological polar surface area (TPSA) is 47.1 Å². The van der Waals surface area contributed by atoms with Gasteiger partial charge in [-0.2, -0.15) is 0 Å². The fraction of sp³-hybridized carbons (Fsp3) is 0.562. The van der Waals surface area contributed by atoms with Crippen LogP contribution in [0.1, 0.15) is 38.6 Å². The van der Waals surface area contributed by atoms with E-state index < -0.39 is 0 Å². The summed E-state index contributed by atoms with van der Waals surface area (Å²) in [6.45, 7) is 7.93. The summed E-state index contributed by atoms with van der Waals surface area (Å²) >= 11 is 0. The minimum absolute atomic E-state index is 0.548. The van der Waals surface area contributed by atoms with E-state index in [9.17, 15) is 0 Å². The normalized spacial score (nSPS) is 20.6. The molecule has 1 fully saturated rings. The van der Waals surface area contributed by atoms with E-state index in [1.165, 1.54) is 30.7 Å². The Balaban J connectivity index is 2.04. The van der Waals surface area contributed by atoms with Gasteiger partial charge in [0.25, 0.3) is 0 Å². The van der Waals surface area contributed by atoms with Crippen molar-refractivity contribution in [2.24, 2.45) is 0 Å². The number of likely N-dealkylation sites (tertiary alicyclic amines) is 1. The molecule has 4 nitrogen and oxygen atoms in total. The smallest absolute Gasteiger partial charge is 0.109 e. The first-order valence-corrected chi connectivity index (χ1v) is 7.71. The number of nitrogens with two attached hydrogens (primary N) is 1. The third-order valence-corrected chi connectivity index (χ3v) is 4.40. The predicted octanol–water partition coefficient (Wildman–Crippen LogP) is 2.84. The van der Waals surface area contributed by atoms with Gasteiger partial charge >= 0.3 is 0 Å². The molecule has 3 rings (SSSR count). The fourth-order valence-electron chi connectivity index (χ4n) is 3.35. The van der Waals surface area contributed by atoms with Crippen LogP contribution in [0.5, 0.6) is 0 Å². The molecule has 1 aromatic heterocycles. The van der Waals surface area contributed by atoms with Crippen molar-refractivity contribution in [3.63, 3.8) is 0 Å². The summed E-state index contributed by atoms with van der Waals surface area (Å²) in [6, 6.07) is 6.65. The average molecular weight is 272 g/mol. The number of aromatic nitrogens is 2. The van der Waals surface area contributed by atoms with E-state index in [2.05, 4.69) is 29.4 Å². The maximum Gasteiger partial charge on any atom is 0.109 e. The molecule has 1 aliphatic rings. The summed E-state index contributed by atoms with van der Waals surface area (Å²) < 4.78 is 2.45. The van der Waals surface area contributed by atoms with Crippen molar-refractivity contribution < 1.29 is 0 Å². The monoisotopic (exact) mass is 272 g/mol. The van der Waals surface area contributed by atoms with Gasteiger partial charge in [-0.1, -0.05) is 13.8 Å². The molecule has 0 saturated carbocycles. The third-order valence-electron chi connectivity index (χ3n) is 4.40. The quantitative estimate of drug-likeness (QED) is 0.874. The molecular weight excluding hydrogens is 248 g/mol. The molecule has 0 spiro atoms. The average Bonchev–Trinajstić information content (AvgIpc) is 2.84. The zero-order chi connectivity index (χ0) is 14.1. The van der Waals surface area contributed by atoms with E-state index in [0.717, 1.165) is 30.7 Å². The largest absolute Gasteiger partial charge is 0.399 e. The highest BCUT2D eigenvalue weighted by molar-refractivity contribution is 5.79. The van der Waals surface area contributed by atoms with Gasteiger partial charge in [0, 0.05) is 24.7 Å². The summed E-state index contributed by atoms with van der Waals surface area (Å²) in [5.41, 5.74) is 8.96. The molecule has 0 bridgehead atoms. The molecule has 4 heteroatoms. The highest BCUT2D eigenvalue weighted by Crippen LogP contribution is 2.29. The van der Waals surface area contributed by atoms with Crippen LogP contribution in [0.25, 0.3) is 11.0 Å². The van der Waals surface area contributed by atoms with Crippen molar-refractivity contribution in [1.82, 2.24) is 14.5 Å². The molecule has 0 aliphatic carbocycles. The molecular formula is C16H24N4. The predicted molar refractivity (Wildman–Crippen MR) is 83.9 cm³/mol. The van der Waals surface area contributed by atoms with Crippen LogP contribution in [0.3, 0.4) is 0 Å². The molecule has 108 valence electrons. The van der Waals surface area contributed by atoms with Gasteiger partial charge in [0.2, 0.25) is 0 Å². The lowest BCUT2D eigenvalue weighted by Crippen LogP contribution is -2.36. The van der Waals surface area contributed by atoms with Gasteiger partial charge < -0.3 is 15.2 Å². The third kappa shape index (κ3) is 2.29. The molecule has 0 radical (unpaired) electrons. The van der Waals surface area contributed by atoms with Gasteiger partial charge in [-0.3, -0.25) is 0 Å². The number of hydrogen-bond acceptors (Lipinski definition) is 3. The van der Waals surface area contributed by atoms with Crippen molar-refractivity contribution >= 4 is 16.7 Å². The second kappa shape index (κ2) is 5.44. The number of rotatable bonds is 3. The highest BCUT2D eigenvalue weighted by Gasteiger charge is 2.23. The molecule has 1 atom stereocenters. The van der Waals surface area contributed by atoms with Gasteiger partial charge in [0.05, 0.1) is 11.0 Å². The summed E-state index contributed by atoms with van der Waals surface area (Å²) in [5.74, 6) is 1.19. The molecule has 2 N–H and O–H groups in total. The number of likely N-dealkylation sites (N-methyl/N-ethyl adjacent to an activating group) is 1. The van der Waals surface area contributed by atoms with Crippen molar-refractivity contribution in [3.05, 3.63) is 24.0 Å². The van der Waals surface area contributed by atoms with Gasteiger partial charge in [-0.15, -0.1) is 0 Å². The highest BCUT2D eigenvalue weighted by atomic mass is 15.2. The van der Waals surface area contributed by atoms with Gasteiger partial charge in [-0.05, 0) is 44.1 Å². The number of nitrogen functional groups attached to an aromatic ring is 1. The number of piperidine rings is 1. The van der Waals surface area contributed by atoms with E-state index in [-0.39, 0.29) is 0 Å². The van der Waals surface area contributed by atoms with E-state index in [4.69, 9.17) is 10.7 Å². The number of aryl methyl sites for hydroxylation is 1. The van der Waals surface area contributed by atoms with Crippen LogP contribution >= 0.6 is 0 Å². The van der Waals surface area contributed by atoms with E-state index in [0.29, 0.717) is 6.04 Å². The Morgan fingerprint density at radius 2 is 2.20 bits per heavy atom. The Labute approximate surface area is 120 Å². The maximum atomic E-state index is 5.89. The number of anilines is 1. The number of imidazole rings is 1. The zero-order valence-electron chi connectivity index (χ0n) is 12.5. The van der Waals surface area contributed by atoms with Crippen LogP contribution in [-0.2, 0) is 6.42 Å². The van der Waals surface area contributed by atoms with Crippen LogP contribution in [-0.4, -0.2) is 34.1 Å². The maximum absolute atomic E-state index is 5.89. The van der Waals surface area contributed by atoms with Crippen molar-refractivity contribution in [3.8, 4) is 0 Å². The van der Waals surface area contributed by atoms with Crippen LogP contribution in [0.15, 0.2) is 18.2 Å². The van der Waals surface area contributed by atoms with Crippen LogP contribution in [0.2, 0.25) is 0 Å². The number of fused-ring (bicyclic) bond motifs is 1. The lowest BCUT2D eigenvalue weighted by molar-refractivity contribution is 0.185. The summed E-state index contributed by atoms with van der Waals surface area (Å²) in [6.07, 6.45) is 3.49. The molecule has 1 aliphatic heterocycles. The lowest BCUT2D eigenvalue weighted by Gasteiger charge is -2.33. The second-order valence-electron chi connectivity index (χ2n) is 5.69. The molecule has 2 heterocycles. The fourth-order valence-corrected chi connectivity index (χ4v) is 3.35. The van der Waals surface area contributed by atoms with Crippen molar-refractivity contribution in [1.29, 1.82) is 0 Å². The standard InChI is InChI=1S/C16H24N4/c1-3-16-18-14-10-12(17)7-8-15(14)20(16)13-6-5-9-19(4-2)11-13/h7-8,10,13H,3-6,9,11,17H2,1-2H3. The second-order valence-corrected chi connectivity index (χ2v) is 5.69. The molecule has 0 amide bonds. The molecule has 1 aromatic carbocycles. The van der Waals surface area contributed by atoms with Crippen LogP contribution < -0.4 is 5.73 Å². The van der Waals surface area contributed by atoms with E-state index in [1.54, 1.807) is 0 Å². The Morgan fingerprint density at radius 3 is 2.95 bits per heavy atom. The van der Waals surface area contributed by atoms with E-state index in [1.807, 2.05) is 12.1 Å². The Morgan fingerprint density at radius 1 is 1.35 bits per heavy atom. The zero-order valence-corrected chi connectivity index (χ0v) is 12.5. The first-order chi connectivity index (χ1) is 9.72. The Hall–Kier alpha value is -1.55. The molecule has 1 unspecified atom stereocenters. The molecule has 2 aromatic rings. The minimum Gasteiger partial charge on any atom is -0.399 e. The Kier molecular flexibility index (Phi) is 3.66. The van der Waals surface area contributed by atoms with Gasteiger partial charge in [0.1, 0.15) is 5.82 Å². The summed E-state index contributed by atoms with van der Waals surface area (Å²) in [5, 5.41) is 0. The SMILES string of the molecule is CCc1nc2cc(N)ccc2n1C1CCCN(CC)C1. The number of nitrogens with zero attached hydrogens (tertiary/aromatic N) is 3. The van der Waals surface area contributed by atoms with Crippen molar-refractivity contribution in [2.75, 3.05) is 25.4 Å².